The second-order valence-corrected chi connectivity index (χ2v) is 6.75. The first-order chi connectivity index (χ1) is 14.2. The molecule has 2 aromatic carbocycles. The van der Waals surface area contributed by atoms with E-state index in [1.165, 1.54) is 0 Å². The number of pyridine rings is 1. The number of aliphatic hydroxyl groups is 1. The topological polar surface area (TPSA) is 90.0 Å². The van der Waals surface area contributed by atoms with Crippen LogP contribution in [0.25, 0.3) is 22.0 Å². The SMILES string of the molecule is O=C(NCCO)c1cccc(CNc2cc3ccc(-c4ccncc4)cc3[nH]2)c1. The van der Waals surface area contributed by atoms with E-state index in [-0.39, 0.29) is 19.1 Å². The van der Waals surface area contributed by atoms with Gasteiger partial charge in [-0.15, -0.1) is 0 Å². The molecular weight excluding hydrogens is 364 g/mol. The summed E-state index contributed by atoms with van der Waals surface area (Å²) in [5.74, 6) is 0.733. The maximum Gasteiger partial charge on any atom is 0.251 e. The van der Waals surface area contributed by atoms with Crippen molar-refractivity contribution in [2.24, 2.45) is 0 Å². The van der Waals surface area contributed by atoms with E-state index in [0.29, 0.717) is 12.1 Å². The highest BCUT2D eigenvalue weighted by atomic mass is 16.3. The molecular formula is C23H22N4O2. The smallest absolute Gasteiger partial charge is 0.251 e. The Morgan fingerprint density at radius 3 is 2.69 bits per heavy atom. The third-order valence-electron chi connectivity index (χ3n) is 4.71. The lowest BCUT2D eigenvalue weighted by Gasteiger charge is -2.07. The molecule has 2 aromatic heterocycles. The minimum atomic E-state index is -0.185. The number of nitrogens with one attached hydrogen (secondary N) is 3. The lowest BCUT2D eigenvalue weighted by Crippen LogP contribution is -2.26. The first-order valence-corrected chi connectivity index (χ1v) is 9.48. The number of benzene rings is 2. The van der Waals surface area contributed by atoms with Gasteiger partial charge in [0.1, 0.15) is 5.82 Å². The largest absolute Gasteiger partial charge is 0.395 e. The number of hydrogen-bond donors (Lipinski definition) is 4. The van der Waals surface area contributed by atoms with Crippen molar-refractivity contribution < 1.29 is 9.90 Å². The van der Waals surface area contributed by atoms with Crippen LogP contribution in [0.2, 0.25) is 0 Å². The molecule has 0 aliphatic heterocycles. The van der Waals surface area contributed by atoms with E-state index in [1.54, 1.807) is 18.5 Å². The lowest BCUT2D eigenvalue weighted by molar-refractivity contribution is 0.0944. The van der Waals surface area contributed by atoms with Crippen molar-refractivity contribution in [2.75, 3.05) is 18.5 Å². The average molecular weight is 386 g/mol. The molecule has 0 fully saturated rings. The number of fused-ring (bicyclic) bond motifs is 1. The van der Waals surface area contributed by atoms with Gasteiger partial charge >= 0.3 is 0 Å². The van der Waals surface area contributed by atoms with Gasteiger partial charge in [-0.2, -0.15) is 0 Å². The predicted molar refractivity (Wildman–Crippen MR) is 115 cm³/mol. The van der Waals surface area contributed by atoms with Gasteiger partial charge in [-0.25, -0.2) is 0 Å². The van der Waals surface area contributed by atoms with Crippen LogP contribution in [0.5, 0.6) is 0 Å². The highest BCUT2D eigenvalue weighted by Gasteiger charge is 2.07. The summed E-state index contributed by atoms with van der Waals surface area (Å²) in [5.41, 5.74) is 4.89. The maximum atomic E-state index is 12.0. The van der Waals surface area contributed by atoms with E-state index in [9.17, 15) is 4.79 Å². The van der Waals surface area contributed by atoms with Gasteiger partial charge in [-0.05, 0) is 53.1 Å². The average Bonchev–Trinajstić information content (AvgIpc) is 3.19. The molecule has 6 heteroatoms. The van der Waals surface area contributed by atoms with Gasteiger partial charge in [-0.3, -0.25) is 9.78 Å². The molecule has 0 unspecified atom stereocenters. The summed E-state index contributed by atoms with van der Waals surface area (Å²) < 4.78 is 0. The van der Waals surface area contributed by atoms with Crippen LogP contribution in [0.4, 0.5) is 5.82 Å². The van der Waals surface area contributed by atoms with Crippen molar-refractivity contribution in [1.82, 2.24) is 15.3 Å². The lowest BCUT2D eigenvalue weighted by atomic mass is 10.1. The van der Waals surface area contributed by atoms with Gasteiger partial charge in [0.2, 0.25) is 0 Å². The van der Waals surface area contributed by atoms with E-state index in [1.807, 2.05) is 30.3 Å². The van der Waals surface area contributed by atoms with Crippen LogP contribution in [-0.2, 0) is 6.54 Å². The van der Waals surface area contributed by atoms with Crippen LogP contribution in [0, 0.1) is 0 Å². The standard InChI is InChI=1S/C23H22N4O2/c28-11-10-25-23(29)20-3-1-2-16(12-20)15-26-22-14-19-5-4-18(13-21(19)27-22)17-6-8-24-9-7-17/h1-9,12-14,26-28H,10-11,15H2,(H,25,29). The highest BCUT2D eigenvalue weighted by molar-refractivity contribution is 5.94. The van der Waals surface area contributed by atoms with Crippen molar-refractivity contribution >= 4 is 22.6 Å². The number of aromatic nitrogens is 2. The van der Waals surface area contributed by atoms with E-state index in [0.717, 1.165) is 33.4 Å². The Kier molecular flexibility index (Phi) is 5.54. The number of carbonyl (C=O) groups excluding carboxylic acids is 1. The fourth-order valence-electron chi connectivity index (χ4n) is 3.24. The first-order valence-electron chi connectivity index (χ1n) is 9.48. The number of aromatic amines is 1. The molecule has 0 radical (unpaired) electrons. The molecule has 6 nitrogen and oxygen atoms in total. The monoisotopic (exact) mass is 386 g/mol. The number of rotatable bonds is 7. The zero-order valence-corrected chi connectivity index (χ0v) is 15.9. The van der Waals surface area contributed by atoms with Gasteiger partial charge in [0.25, 0.3) is 5.91 Å². The molecule has 0 bridgehead atoms. The third-order valence-corrected chi connectivity index (χ3v) is 4.71. The van der Waals surface area contributed by atoms with Crippen molar-refractivity contribution in [3.8, 4) is 11.1 Å². The van der Waals surface area contributed by atoms with Crippen molar-refractivity contribution in [3.63, 3.8) is 0 Å². The predicted octanol–water partition coefficient (Wildman–Crippen LogP) is 3.56. The number of carbonyl (C=O) groups is 1. The van der Waals surface area contributed by atoms with Gasteiger partial charge in [0.15, 0.2) is 0 Å². The van der Waals surface area contributed by atoms with E-state index in [2.05, 4.69) is 44.9 Å². The second kappa shape index (κ2) is 8.58. The zero-order chi connectivity index (χ0) is 20.1. The maximum absolute atomic E-state index is 12.0. The summed E-state index contributed by atoms with van der Waals surface area (Å²) in [7, 11) is 0. The summed E-state index contributed by atoms with van der Waals surface area (Å²) in [6.45, 7) is 0.763. The summed E-state index contributed by atoms with van der Waals surface area (Å²) in [6.07, 6.45) is 3.58. The first kappa shape index (κ1) is 18.7. The van der Waals surface area contributed by atoms with Gasteiger partial charge in [0, 0.05) is 41.9 Å². The molecule has 0 aliphatic carbocycles. The second-order valence-electron chi connectivity index (χ2n) is 6.75. The van der Waals surface area contributed by atoms with Gasteiger partial charge in [-0.1, -0.05) is 24.3 Å². The number of hydrogen-bond acceptors (Lipinski definition) is 4. The highest BCUT2D eigenvalue weighted by Crippen LogP contribution is 2.26. The van der Waals surface area contributed by atoms with Crippen molar-refractivity contribution in [2.45, 2.75) is 6.54 Å². The Balaban J connectivity index is 1.47. The molecule has 0 saturated carbocycles. The van der Waals surface area contributed by atoms with Crippen LogP contribution < -0.4 is 10.6 Å². The summed E-state index contributed by atoms with van der Waals surface area (Å²) in [5, 5.41) is 16.0. The third kappa shape index (κ3) is 4.44. The molecule has 0 aliphatic rings. The summed E-state index contributed by atoms with van der Waals surface area (Å²) in [4.78, 5) is 19.5. The minimum Gasteiger partial charge on any atom is -0.395 e. The van der Waals surface area contributed by atoms with Crippen LogP contribution in [-0.4, -0.2) is 34.1 Å². The molecule has 0 saturated heterocycles. The molecule has 0 atom stereocenters. The molecule has 4 N–H and O–H groups in total. The van der Waals surface area contributed by atoms with E-state index >= 15 is 0 Å². The molecule has 2 heterocycles. The Morgan fingerprint density at radius 1 is 1.00 bits per heavy atom. The fraction of sp³-hybridized carbons (Fsp3) is 0.130. The molecule has 0 spiro atoms. The number of nitrogens with zero attached hydrogens (tertiary/aromatic N) is 1. The van der Waals surface area contributed by atoms with Crippen molar-refractivity contribution in [3.05, 3.63) is 84.2 Å². The van der Waals surface area contributed by atoms with Crippen LogP contribution in [0.15, 0.2) is 73.1 Å². The quantitative estimate of drug-likeness (QED) is 0.391. The number of amides is 1. The number of anilines is 1. The van der Waals surface area contributed by atoms with Crippen LogP contribution >= 0.6 is 0 Å². The molecule has 146 valence electrons. The van der Waals surface area contributed by atoms with Crippen LogP contribution in [0.1, 0.15) is 15.9 Å². The van der Waals surface area contributed by atoms with E-state index in [4.69, 9.17) is 5.11 Å². The van der Waals surface area contributed by atoms with E-state index < -0.39 is 0 Å². The molecule has 4 rings (SSSR count). The molecule has 4 aromatic rings. The number of aliphatic hydroxyl groups excluding tert-OH is 1. The Morgan fingerprint density at radius 2 is 1.86 bits per heavy atom. The summed E-state index contributed by atoms with van der Waals surface area (Å²) >= 11 is 0. The fourth-order valence-corrected chi connectivity index (χ4v) is 3.24. The zero-order valence-electron chi connectivity index (χ0n) is 15.9. The van der Waals surface area contributed by atoms with Gasteiger partial charge in [0.05, 0.1) is 6.61 Å². The number of H-pyrrole nitrogens is 1. The van der Waals surface area contributed by atoms with Crippen LogP contribution in [0.3, 0.4) is 0 Å². The van der Waals surface area contributed by atoms with Crippen molar-refractivity contribution in [1.29, 1.82) is 0 Å². The molecule has 1 amide bonds. The Bertz CT molecular complexity index is 1120. The minimum absolute atomic E-state index is 0.0732. The summed E-state index contributed by atoms with van der Waals surface area (Å²) in [6, 6.07) is 19.8. The molecule has 29 heavy (non-hydrogen) atoms. The Labute approximate surface area is 168 Å². The Hall–Kier alpha value is -3.64. The normalized spacial score (nSPS) is 10.8. The van der Waals surface area contributed by atoms with Gasteiger partial charge < -0.3 is 20.7 Å².